The van der Waals surface area contributed by atoms with Gasteiger partial charge in [-0.3, -0.25) is 4.79 Å². The van der Waals surface area contributed by atoms with Crippen LogP contribution in [0.3, 0.4) is 0 Å². The van der Waals surface area contributed by atoms with Crippen LogP contribution in [0.2, 0.25) is 0 Å². The van der Waals surface area contributed by atoms with Crippen molar-refractivity contribution < 1.29 is 9.53 Å². The monoisotopic (exact) mass is 212 g/mol. The summed E-state index contributed by atoms with van der Waals surface area (Å²) in [6.45, 7) is 4.36. The number of benzene rings is 1. The van der Waals surface area contributed by atoms with E-state index in [2.05, 4.69) is 0 Å². The van der Waals surface area contributed by atoms with E-state index in [-0.39, 0.29) is 11.7 Å². The summed E-state index contributed by atoms with van der Waals surface area (Å²) in [6, 6.07) is 5.52. The Balaban J connectivity index is 3.08. The molecule has 1 aromatic rings. The van der Waals surface area contributed by atoms with E-state index >= 15 is 0 Å². The molecule has 0 radical (unpaired) electrons. The number of halogens is 1. The second-order valence-electron chi connectivity index (χ2n) is 2.99. The van der Waals surface area contributed by atoms with Crippen LogP contribution in [0, 0.1) is 6.92 Å². The second kappa shape index (κ2) is 5.01. The smallest absolute Gasteiger partial charge is 0.181 e. The Bertz CT molecular complexity index is 334. The Hall–Kier alpha value is -1.02. The van der Waals surface area contributed by atoms with E-state index in [1.807, 2.05) is 19.9 Å². The molecule has 0 fully saturated rings. The number of hydrogen-bond acceptors (Lipinski definition) is 2. The van der Waals surface area contributed by atoms with Crippen LogP contribution in [-0.2, 0) is 0 Å². The van der Waals surface area contributed by atoms with E-state index in [4.69, 9.17) is 16.3 Å². The topological polar surface area (TPSA) is 26.3 Å². The lowest BCUT2D eigenvalue weighted by atomic mass is 10.1. The lowest BCUT2D eigenvalue weighted by molar-refractivity contribution is 0.101. The number of carbonyl (C=O) groups is 1. The molecule has 0 aliphatic carbocycles. The van der Waals surface area contributed by atoms with Crippen molar-refractivity contribution in [3.8, 4) is 5.75 Å². The van der Waals surface area contributed by atoms with Gasteiger partial charge in [-0.05, 0) is 26.0 Å². The number of ether oxygens (including phenoxy) is 1. The maximum absolute atomic E-state index is 11.4. The minimum Gasteiger partial charge on any atom is -0.493 e. The average Bonchev–Trinajstić information content (AvgIpc) is 2.20. The number of hydrogen-bond donors (Lipinski definition) is 0. The SMILES string of the molecule is CCOc1ccc(C)cc1C(=O)CCl. The highest BCUT2D eigenvalue weighted by molar-refractivity contribution is 6.30. The molecule has 0 amide bonds. The Kier molecular flexibility index (Phi) is 3.96. The third-order valence-electron chi connectivity index (χ3n) is 1.86. The first-order chi connectivity index (χ1) is 6.69. The van der Waals surface area contributed by atoms with Crippen LogP contribution >= 0.6 is 11.6 Å². The summed E-state index contributed by atoms with van der Waals surface area (Å²) in [4.78, 5) is 11.4. The van der Waals surface area contributed by atoms with Crippen LogP contribution in [-0.4, -0.2) is 18.3 Å². The van der Waals surface area contributed by atoms with E-state index in [1.165, 1.54) is 0 Å². The lowest BCUT2D eigenvalue weighted by Gasteiger charge is -2.08. The molecule has 0 bridgehead atoms. The molecule has 0 unspecified atom stereocenters. The van der Waals surface area contributed by atoms with Gasteiger partial charge in [-0.2, -0.15) is 0 Å². The number of Topliss-reactive ketones (excluding diaryl/α,β-unsaturated/α-hetero) is 1. The van der Waals surface area contributed by atoms with E-state index in [9.17, 15) is 4.79 Å². The maximum atomic E-state index is 11.4. The fourth-order valence-electron chi connectivity index (χ4n) is 1.22. The van der Waals surface area contributed by atoms with Crippen molar-refractivity contribution in [2.45, 2.75) is 13.8 Å². The van der Waals surface area contributed by atoms with E-state index in [0.29, 0.717) is 17.9 Å². The minimum atomic E-state index is -0.0983. The molecule has 14 heavy (non-hydrogen) atoms. The van der Waals surface area contributed by atoms with Crippen molar-refractivity contribution in [1.29, 1.82) is 0 Å². The molecule has 0 aromatic heterocycles. The Morgan fingerprint density at radius 3 is 2.79 bits per heavy atom. The molecule has 0 atom stereocenters. The van der Waals surface area contributed by atoms with Gasteiger partial charge in [0.15, 0.2) is 5.78 Å². The van der Waals surface area contributed by atoms with Gasteiger partial charge in [-0.1, -0.05) is 11.6 Å². The van der Waals surface area contributed by atoms with Gasteiger partial charge in [-0.25, -0.2) is 0 Å². The van der Waals surface area contributed by atoms with Gasteiger partial charge >= 0.3 is 0 Å². The zero-order chi connectivity index (χ0) is 10.6. The quantitative estimate of drug-likeness (QED) is 0.567. The van der Waals surface area contributed by atoms with Crippen molar-refractivity contribution in [1.82, 2.24) is 0 Å². The highest BCUT2D eigenvalue weighted by atomic mass is 35.5. The molecule has 0 aliphatic heterocycles. The summed E-state index contributed by atoms with van der Waals surface area (Å²) in [5.41, 5.74) is 1.60. The van der Waals surface area contributed by atoms with Crippen LogP contribution in [0.5, 0.6) is 5.75 Å². The van der Waals surface area contributed by atoms with Crippen LogP contribution < -0.4 is 4.74 Å². The van der Waals surface area contributed by atoms with Gasteiger partial charge in [0.1, 0.15) is 5.75 Å². The van der Waals surface area contributed by atoms with Crippen LogP contribution in [0.1, 0.15) is 22.8 Å². The Morgan fingerprint density at radius 1 is 1.50 bits per heavy atom. The number of rotatable bonds is 4. The Morgan fingerprint density at radius 2 is 2.21 bits per heavy atom. The fraction of sp³-hybridized carbons (Fsp3) is 0.364. The molecule has 0 N–H and O–H groups in total. The summed E-state index contributed by atoms with van der Waals surface area (Å²) in [6.07, 6.45) is 0. The van der Waals surface area contributed by atoms with Gasteiger partial charge in [0.25, 0.3) is 0 Å². The van der Waals surface area contributed by atoms with Crippen LogP contribution in [0.25, 0.3) is 0 Å². The molecule has 1 aromatic carbocycles. The van der Waals surface area contributed by atoms with Gasteiger partial charge in [0.05, 0.1) is 18.1 Å². The summed E-state index contributed by atoms with van der Waals surface area (Å²) < 4.78 is 5.34. The highest BCUT2D eigenvalue weighted by Gasteiger charge is 2.11. The third-order valence-corrected chi connectivity index (χ3v) is 2.10. The van der Waals surface area contributed by atoms with E-state index < -0.39 is 0 Å². The standard InChI is InChI=1S/C11H13ClO2/c1-3-14-11-5-4-8(2)6-9(11)10(13)7-12/h4-6H,3,7H2,1-2H3. The molecule has 3 heteroatoms. The normalized spacial score (nSPS) is 9.93. The first-order valence-electron chi connectivity index (χ1n) is 4.51. The number of aryl methyl sites for hydroxylation is 1. The molecule has 1 rings (SSSR count). The molecule has 0 heterocycles. The fourth-order valence-corrected chi connectivity index (χ4v) is 1.36. The van der Waals surface area contributed by atoms with Crippen molar-refractivity contribution in [3.63, 3.8) is 0 Å². The predicted molar refractivity (Wildman–Crippen MR) is 57.4 cm³/mol. The van der Waals surface area contributed by atoms with E-state index in [0.717, 1.165) is 5.56 Å². The van der Waals surface area contributed by atoms with Crippen molar-refractivity contribution >= 4 is 17.4 Å². The average molecular weight is 213 g/mol. The molecule has 76 valence electrons. The van der Waals surface area contributed by atoms with Crippen molar-refractivity contribution in [2.24, 2.45) is 0 Å². The summed E-state index contributed by atoms with van der Waals surface area (Å²) in [5.74, 6) is 0.506. The first kappa shape index (κ1) is 11.1. The number of alkyl halides is 1. The largest absolute Gasteiger partial charge is 0.493 e. The highest BCUT2D eigenvalue weighted by Crippen LogP contribution is 2.20. The van der Waals surface area contributed by atoms with Crippen molar-refractivity contribution in [3.05, 3.63) is 29.3 Å². The zero-order valence-corrected chi connectivity index (χ0v) is 9.10. The molecular formula is C11H13ClO2. The Labute approximate surface area is 88.8 Å². The lowest BCUT2D eigenvalue weighted by Crippen LogP contribution is -2.05. The second-order valence-corrected chi connectivity index (χ2v) is 3.26. The van der Waals surface area contributed by atoms with Crippen LogP contribution in [0.15, 0.2) is 18.2 Å². The third kappa shape index (κ3) is 2.48. The van der Waals surface area contributed by atoms with E-state index in [1.54, 1.807) is 12.1 Å². The summed E-state index contributed by atoms with van der Waals surface area (Å²) >= 11 is 5.51. The van der Waals surface area contributed by atoms with Gasteiger partial charge in [0.2, 0.25) is 0 Å². The molecule has 0 spiro atoms. The molecule has 2 nitrogen and oxygen atoms in total. The van der Waals surface area contributed by atoms with Crippen molar-refractivity contribution in [2.75, 3.05) is 12.5 Å². The zero-order valence-electron chi connectivity index (χ0n) is 8.34. The van der Waals surface area contributed by atoms with Crippen LogP contribution in [0.4, 0.5) is 0 Å². The molecule has 0 saturated carbocycles. The summed E-state index contributed by atoms with van der Waals surface area (Å²) in [7, 11) is 0. The summed E-state index contributed by atoms with van der Waals surface area (Å²) in [5, 5.41) is 0. The maximum Gasteiger partial charge on any atom is 0.181 e. The predicted octanol–water partition coefficient (Wildman–Crippen LogP) is 2.82. The van der Waals surface area contributed by atoms with Gasteiger partial charge < -0.3 is 4.74 Å². The molecule has 0 saturated heterocycles. The van der Waals surface area contributed by atoms with Gasteiger partial charge in [-0.15, -0.1) is 11.6 Å². The van der Waals surface area contributed by atoms with Gasteiger partial charge in [0, 0.05) is 0 Å². The minimum absolute atomic E-state index is 0.0104. The molecular weight excluding hydrogens is 200 g/mol. The first-order valence-corrected chi connectivity index (χ1v) is 5.05. The number of ketones is 1. The molecule has 0 aliphatic rings. The number of carbonyl (C=O) groups excluding carboxylic acids is 1.